The summed E-state index contributed by atoms with van der Waals surface area (Å²) in [5, 5.41) is 13.3. The molecule has 0 aromatic carbocycles. The highest BCUT2D eigenvalue weighted by molar-refractivity contribution is 7.99. The Kier molecular flexibility index (Phi) is 5.60. The highest BCUT2D eigenvalue weighted by atomic mass is 32.2. The summed E-state index contributed by atoms with van der Waals surface area (Å²) in [6.45, 7) is 9.49. The lowest BCUT2D eigenvalue weighted by atomic mass is 9.90. The van der Waals surface area contributed by atoms with Gasteiger partial charge in [-0.15, -0.1) is 0 Å². The number of amides is 1. The van der Waals surface area contributed by atoms with Gasteiger partial charge in [-0.1, -0.05) is 13.3 Å². The quantitative estimate of drug-likeness (QED) is 0.813. The monoisotopic (exact) mass is 314 g/mol. The van der Waals surface area contributed by atoms with E-state index in [4.69, 9.17) is 0 Å². The fraction of sp³-hybridized carbons (Fsp3) is 0.938. The van der Waals surface area contributed by atoms with Crippen LogP contribution in [0.25, 0.3) is 0 Å². The minimum absolute atomic E-state index is 0.0500. The maximum absolute atomic E-state index is 12.2. The number of hydrogen-bond donors (Lipinski definition) is 2. The molecule has 2 N–H and O–H groups in total. The van der Waals surface area contributed by atoms with Crippen molar-refractivity contribution in [2.24, 2.45) is 5.92 Å². The topological polar surface area (TPSA) is 52.6 Å². The lowest BCUT2D eigenvalue weighted by molar-refractivity contribution is -0.137. The molecule has 0 aliphatic carbocycles. The van der Waals surface area contributed by atoms with Crippen LogP contribution in [0.2, 0.25) is 0 Å². The second-order valence-corrected chi connectivity index (χ2v) is 8.30. The van der Waals surface area contributed by atoms with Crippen LogP contribution >= 0.6 is 11.8 Å². The van der Waals surface area contributed by atoms with E-state index in [1.54, 1.807) is 11.8 Å². The Morgan fingerprint density at radius 2 is 2.29 bits per heavy atom. The number of thioether (sulfide) groups is 1. The maximum Gasteiger partial charge on any atom is 0.252 e. The van der Waals surface area contributed by atoms with Crippen molar-refractivity contribution in [1.29, 1.82) is 0 Å². The number of nitrogens with zero attached hydrogens (tertiary/aromatic N) is 1. The molecule has 2 aliphatic rings. The highest BCUT2D eigenvalue weighted by Crippen LogP contribution is 2.29. The van der Waals surface area contributed by atoms with Crippen molar-refractivity contribution in [3.63, 3.8) is 0 Å². The predicted octanol–water partition coefficient (Wildman–Crippen LogP) is 1.87. The van der Waals surface area contributed by atoms with Crippen molar-refractivity contribution in [2.45, 2.75) is 57.6 Å². The standard InChI is InChI=1S/C16H30N2O2S/c1-4-13-6-5-8-18(10-13)15(2,3)11-17-14(19)16(20)7-9-21-12-16/h13,20H,4-12H2,1-3H3,(H,17,19). The number of aliphatic hydroxyl groups is 1. The van der Waals surface area contributed by atoms with E-state index in [0.29, 0.717) is 18.7 Å². The third kappa shape index (κ3) is 4.14. The molecule has 4 nitrogen and oxygen atoms in total. The van der Waals surface area contributed by atoms with Gasteiger partial charge in [0, 0.05) is 24.4 Å². The summed E-state index contributed by atoms with van der Waals surface area (Å²) >= 11 is 1.65. The van der Waals surface area contributed by atoms with Gasteiger partial charge in [0.15, 0.2) is 5.60 Å². The average molecular weight is 314 g/mol. The van der Waals surface area contributed by atoms with Gasteiger partial charge in [-0.2, -0.15) is 11.8 Å². The molecule has 0 radical (unpaired) electrons. The molecule has 1 amide bonds. The van der Waals surface area contributed by atoms with E-state index in [1.165, 1.54) is 19.3 Å². The van der Waals surface area contributed by atoms with Crippen LogP contribution < -0.4 is 5.32 Å². The molecule has 122 valence electrons. The van der Waals surface area contributed by atoms with Crippen LogP contribution in [0.1, 0.15) is 46.5 Å². The fourth-order valence-electron chi connectivity index (χ4n) is 3.25. The molecule has 2 rings (SSSR count). The lowest BCUT2D eigenvalue weighted by Crippen LogP contribution is -2.57. The van der Waals surface area contributed by atoms with Crippen LogP contribution in [-0.2, 0) is 4.79 Å². The summed E-state index contributed by atoms with van der Waals surface area (Å²) < 4.78 is 0. The Balaban J connectivity index is 1.87. The SMILES string of the molecule is CCC1CCCN(C(C)(C)CNC(=O)C2(O)CCSC2)C1. The average Bonchev–Trinajstić information content (AvgIpc) is 2.93. The number of hydrogen-bond acceptors (Lipinski definition) is 4. The summed E-state index contributed by atoms with van der Waals surface area (Å²) in [6, 6.07) is 0. The number of carbonyl (C=O) groups excluding carboxylic acids is 1. The van der Waals surface area contributed by atoms with E-state index in [1.807, 2.05) is 0 Å². The second-order valence-electron chi connectivity index (χ2n) is 7.19. The van der Waals surface area contributed by atoms with Gasteiger partial charge < -0.3 is 10.4 Å². The molecule has 2 unspecified atom stereocenters. The number of nitrogens with one attached hydrogen (secondary N) is 1. The molecule has 2 heterocycles. The van der Waals surface area contributed by atoms with Crippen molar-refractivity contribution in [3.8, 4) is 0 Å². The van der Waals surface area contributed by atoms with E-state index in [2.05, 4.69) is 31.0 Å². The summed E-state index contributed by atoms with van der Waals surface area (Å²) in [7, 11) is 0. The van der Waals surface area contributed by atoms with E-state index in [-0.39, 0.29) is 11.4 Å². The van der Waals surface area contributed by atoms with Crippen LogP contribution in [0, 0.1) is 5.92 Å². The smallest absolute Gasteiger partial charge is 0.252 e. The lowest BCUT2D eigenvalue weighted by Gasteiger charge is -2.44. The Labute approximate surface area is 133 Å². The van der Waals surface area contributed by atoms with Gasteiger partial charge in [-0.25, -0.2) is 0 Å². The van der Waals surface area contributed by atoms with Crippen LogP contribution in [0.15, 0.2) is 0 Å². The van der Waals surface area contributed by atoms with Crippen molar-refractivity contribution < 1.29 is 9.90 Å². The largest absolute Gasteiger partial charge is 0.379 e. The van der Waals surface area contributed by atoms with Gasteiger partial charge in [0.05, 0.1) is 0 Å². The Bertz CT molecular complexity index is 367. The number of carbonyl (C=O) groups is 1. The molecular formula is C16H30N2O2S. The van der Waals surface area contributed by atoms with Gasteiger partial charge in [0.25, 0.3) is 5.91 Å². The van der Waals surface area contributed by atoms with Crippen LogP contribution in [-0.4, -0.2) is 58.2 Å². The first-order chi connectivity index (χ1) is 9.87. The van der Waals surface area contributed by atoms with Crippen molar-refractivity contribution in [3.05, 3.63) is 0 Å². The zero-order chi connectivity index (χ0) is 15.5. The molecule has 2 saturated heterocycles. The zero-order valence-corrected chi connectivity index (χ0v) is 14.5. The molecule has 0 aromatic rings. The molecule has 0 spiro atoms. The molecule has 0 bridgehead atoms. The predicted molar refractivity (Wildman–Crippen MR) is 88.6 cm³/mol. The minimum Gasteiger partial charge on any atom is -0.379 e. The van der Waals surface area contributed by atoms with Crippen molar-refractivity contribution >= 4 is 17.7 Å². The Hall–Kier alpha value is -0.260. The van der Waals surface area contributed by atoms with Crippen LogP contribution in [0.5, 0.6) is 0 Å². The first-order valence-corrected chi connectivity index (χ1v) is 9.36. The highest BCUT2D eigenvalue weighted by Gasteiger charge is 2.40. The van der Waals surface area contributed by atoms with Gasteiger partial charge in [0.2, 0.25) is 0 Å². The summed E-state index contributed by atoms with van der Waals surface area (Å²) in [5.41, 5.74) is -1.19. The number of rotatable bonds is 5. The molecule has 5 heteroatoms. The number of piperidine rings is 1. The van der Waals surface area contributed by atoms with E-state index in [9.17, 15) is 9.90 Å². The molecular weight excluding hydrogens is 284 g/mol. The second kappa shape index (κ2) is 6.88. The number of likely N-dealkylation sites (tertiary alicyclic amines) is 1. The Morgan fingerprint density at radius 1 is 1.52 bits per heavy atom. The third-order valence-corrected chi connectivity index (χ3v) is 6.23. The molecule has 0 saturated carbocycles. The van der Waals surface area contributed by atoms with E-state index < -0.39 is 5.60 Å². The summed E-state index contributed by atoms with van der Waals surface area (Å²) in [6.07, 6.45) is 4.38. The maximum atomic E-state index is 12.2. The summed E-state index contributed by atoms with van der Waals surface area (Å²) in [4.78, 5) is 14.7. The van der Waals surface area contributed by atoms with Crippen molar-refractivity contribution in [1.82, 2.24) is 10.2 Å². The van der Waals surface area contributed by atoms with E-state index in [0.717, 1.165) is 24.8 Å². The third-order valence-electron chi connectivity index (χ3n) is 5.06. The van der Waals surface area contributed by atoms with Gasteiger partial charge >= 0.3 is 0 Å². The Morgan fingerprint density at radius 3 is 2.90 bits per heavy atom. The normalized spacial score (nSPS) is 31.3. The van der Waals surface area contributed by atoms with Crippen LogP contribution in [0.4, 0.5) is 0 Å². The fourth-order valence-corrected chi connectivity index (χ4v) is 4.49. The van der Waals surface area contributed by atoms with Gasteiger partial charge in [-0.3, -0.25) is 9.69 Å². The first kappa shape index (κ1) is 17.1. The zero-order valence-electron chi connectivity index (χ0n) is 13.7. The van der Waals surface area contributed by atoms with Crippen LogP contribution in [0.3, 0.4) is 0 Å². The van der Waals surface area contributed by atoms with Gasteiger partial charge in [0.1, 0.15) is 0 Å². The first-order valence-electron chi connectivity index (χ1n) is 8.21. The summed E-state index contributed by atoms with van der Waals surface area (Å²) in [5.74, 6) is 1.99. The molecule has 2 fully saturated rings. The van der Waals surface area contributed by atoms with Gasteiger partial charge in [-0.05, 0) is 51.3 Å². The van der Waals surface area contributed by atoms with E-state index >= 15 is 0 Å². The molecule has 2 atom stereocenters. The molecule has 0 aromatic heterocycles. The molecule has 21 heavy (non-hydrogen) atoms. The minimum atomic E-state index is -1.14. The molecule has 2 aliphatic heterocycles. The van der Waals surface area contributed by atoms with Crippen molar-refractivity contribution in [2.75, 3.05) is 31.1 Å².